The first-order valence-electron chi connectivity index (χ1n) is 6.45. The lowest BCUT2D eigenvalue weighted by Gasteiger charge is -2.18. The van der Waals surface area contributed by atoms with Gasteiger partial charge in [0.1, 0.15) is 18.5 Å². The molecule has 0 saturated heterocycles. The van der Waals surface area contributed by atoms with E-state index in [4.69, 9.17) is 4.74 Å². The number of hydrogen-bond donors (Lipinski definition) is 3. The van der Waals surface area contributed by atoms with Crippen LogP contribution in [-0.4, -0.2) is 41.6 Å². The van der Waals surface area contributed by atoms with Gasteiger partial charge in [-0.1, -0.05) is 15.9 Å². The quantitative estimate of drug-likeness (QED) is 0.681. The molecule has 0 amide bonds. The van der Waals surface area contributed by atoms with E-state index in [1.807, 2.05) is 31.2 Å². The Morgan fingerprint density at radius 2 is 1.84 bits per heavy atom. The fourth-order valence-electron chi connectivity index (χ4n) is 1.71. The average Bonchev–Trinajstić information content (AvgIpc) is 2.35. The number of aliphatic hydroxyl groups excluding tert-OH is 2. The molecule has 1 aromatic carbocycles. The molecule has 0 aliphatic rings. The molecule has 0 fully saturated rings. The summed E-state index contributed by atoms with van der Waals surface area (Å²) in [6.07, 6.45) is -0.237. The van der Waals surface area contributed by atoms with Crippen molar-refractivity contribution in [2.45, 2.75) is 38.5 Å². The van der Waals surface area contributed by atoms with Gasteiger partial charge >= 0.3 is 0 Å². The molecule has 3 N–H and O–H groups in total. The van der Waals surface area contributed by atoms with E-state index in [1.54, 1.807) is 6.92 Å². The molecule has 5 heteroatoms. The van der Waals surface area contributed by atoms with Crippen molar-refractivity contribution >= 4 is 15.9 Å². The van der Waals surface area contributed by atoms with Gasteiger partial charge in [0.05, 0.1) is 6.10 Å². The summed E-state index contributed by atoms with van der Waals surface area (Å²) in [6.45, 7) is 4.43. The van der Waals surface area contributed by atoms with Crippen molar-refractivity contribution in [2.75, 3.05) is 13.2 Å². The highest BCUT2D eigenvalue weighted by Gasteiger charge is 2.09. The zero-order chi connectivity index (χ0) is 14.3. The zero-order valence-electron chi connectivity index (χ0n) is 11.3. The molecule has 1 aromatic rings. The lowest BCUT2D eigenvalue weighted by molar-refractivity contribution is 0.100. The summed E-state index contributed by atoms with van der Waals surface area (Å²) in [5.74, 6) is 0.735. The van der Waals surface area contributed by atoms with Gasteiger partial charge in [0.15, 0.2) is 0 Å². The van der Waals surface area contributed by atoms with Crippen molar-refractivity contribution in [3.63, 3.8) is 0 Å². The van der Waals surface area contributed by atoms with Gasteiger partial charge in [0.2, 0.25) is 0 Å². The van der Waals surface area contributed by atoms with E-state index >= 15 is 0 Å². The maximum atomic E-state index is 9.79. The second-order valence-corrected chi connectivity index (χ2v) is 5.73. The SMILES string of the molecule is CC(O)CC(C)NCC(O)COc1ccc(Br)cc1. The van der Waals surface area contributed by atoms with Crippen LogP contribution in [0.4, 0.5) is 0 Å². The third kappa shape index (κ3) is 7.52. The highest BCUT2D eigenvalue weighted by molar-refractivity contribution is 9.10. The van der Waals surface area contributed by atoms with Crippen molar-refractivity contribution in [2.24, 2.45) is 0 Å². The Kier molecular flexibility index (Phi) is 7.38. The first-order chi connectivity index (χ1) is 8.97. The first-order valence-corrected chi connectivity index (χ1v) is 7.24. The molecule has 0 heterocycles. The standard InChI is InChI=1S/C14H22BrNO3/c1-10(7-11(2)17)16-8-13(18)9-19-14-5-3-12(15)4-6-14/h3-6,10-11,13,16-18H,7-9H2,1-2H3. The fourth-order valence-corrected chi connectivity index (χ4v) is 1.98. The van der Waals surface area contributed by atoms with Crippen LogP contribution in [0.2, 0.25) is 0 Å². The van der Waals surface area contributed by atoms with Crippen LogP contribution in [0, 0.1) is 0 Å². The Morgan fingerprint density at radius 3 is 2.42 bits per heavy atom. The van der Waals surface area contributed by atoms with Gasteiger partial charge in [0.25, 0.3) is 0 Å². The molecule has 0 spiro atoms. The highest BCUT2D eigenvalue weighted by atomic mass is 79.9. The molecule has 0 aliphatic carbocycles. The molecule has 4 nitrogen and oxygen atoms in total. The van der Waals surface area contributed by atoms with Crippen LogP contribution in [0.3, 0.4) is 0 Å². The third-order valence-electron chi connectivity index (χ3n) is 2.65. The Hall–Kier alpha value is -0.620. The Bertz CT molecular complexity index is 356. The summed E-state index contributed by atoms with van der Waals surface area (Å²) in [5.41, 5.74) is 0. The van der Waals surface area contributed by atoms with Crippen LogP contribution in [0.1, 0.15) is 20.3 Å². The number of nitrogens with one attached hydrogen (secondary N) is 1. The van der Waals surface area contributed by atoms with Crippen molar-refractivity contribution in [1.82, 2.24) is 5.32 Å². The van der Waals surface area contributed by atoms with Crippen LogP contribution in [0.25, 0.3) is 0 Å². The number of benzene rings is 1. The van der Waals surface area contributed by atoms with Gasteiger partial charge in [-0.2, -0.15) is 0 Å². The van der Waals surface area contributed by atoms with Crippen LogP contribution < -0.4 is 10.1 Å². The summed E-state index contributed by atoms with van der Waals surface area (Å²) in [4.78, 5) is 0. The minimum absolute atomic E-state index is 0.169. The molecule has 108 valence electrons. The van der Waals surface area contributed by atoms with E-state index in [0.29, 0.717) is 13.0 Å². The molecule has 3 unspecified atom stereocenters. The fraction of sp³-hybridized carbons (Fsp3) is 0.571. The second kappa shape index (κ2) is 8.53. The number of hydrogen-bond acceptors (Lipinski definition) is 4. The molecule has 0 radical (unpaired) electrons. The maximum Gasteiger partial charge on any atom is 0.119 e. The lowest BCUT2D eigenvalue weighted by atomic mass is 10.1. The van der Waals surface area contributed by atoms with Gasteiger partial charge in [-0.25, -0.2) is 0 Å². The molecular formula is C14H22BrNO3. The van der Waals surface area contributed by atoms with E-state index in [-0.39, 0.29) is 18.8 Å². The minimum Gasteiger partial charge on any atom is -0.491 e. The number of aliphatic hydroxyl groups is 2. The van der Waals surface area contributed by atoms with Crippen molar-refractivity contribution in [1.29, 1.82) is 0 Å². The van der Waals surface area contributed by atoms with Crippen molar-refractivity contribution in [3.05, 3.63) is 28.7 Å². The molecule has 3 atom stereocenters. The predicted molar refractivity (Wildman–Crippen MR) is 79.4 cm³/mol. The van der Waals surface area contributed by atoms with E-state index in [2.05, 4.69) is 21.2 Å². The normalized spacial score (nSPS) is 15.8. The van der Waals surface area contributed by atoms with E-state index in [9.17, 15) is 10.2 Å². The lowest BCUT2D eigenvalue weighted by Crippen LogP contribution is -2.37. The minimum atomic E-state index is -0.569. The number of halogens is 1. The van der Waals surface area contributed by atoms with Gasteiger partial charge in [-0.3, -0.25) is 0 Å². The monoisotopic (exact) mass is 331 g/mol. The summed E-state index contributed by atoms with van der Waals surface area (Å²) in [6, 6.07) is 7.65. The van der Waals surface area contributed by atoms with Crippen LogP contribution in [0.15, 0.2) is 28.7 Å². The Labute approximate surface area is 122 Å². The molecule has 0 bridgehead atoms. The van der Waals surface area contributed by atoms with Gasteiger partial charge in [-0.15, -0.1) is 0 Å². The molecule has 19 heavy (non-hydrogen) atoms. The van der Waals surface area contributed by atoms with Crippen molar-refractivity contribution in [3.8, 4) is 5.75 Å². The third-order valence-corrected chi connectivity index (χ3v) is 3.18. The van der Waals surface area contributed by atoms with Crippen LogP contribution in [-0.2, 0) is 0 Å². The summed E-state index contributed by atoms with van der Waals surface area (Å²) < 4.78 is 6.47. The molecular weight excluding hydrogens is 310 g/mol. The summed E-state index contributed by atoms with van der Waals surface area (Å²) in [7, 11) is 0. The van der Waals surface area contributed by atoms with Crippen LogP contribution >= 0.6 is 15.9 Å². The molecule has 1 rings (SSSR count). The van der Waals surface area contributed by atoms with E-state index in [0.717, 1.165) is 10.2 Å². The molecule has 0 aromatic heterocycles. The largest absolute Gasteiger partial charge is 0.491 e. The predicted octanol–water partition coefficient (Wildman–Crippen LogP) is 1.94. The van der Waals surface area contributed by atoms with Gasteiger partial charge < -0.3 is 20.3 Å². The smallest absolute Gasteiger partial charge is 0.119 e. The van der Waals surface area contributed by atoms with Crippen LogP contribution in [0.5, 0.6) is 5.75 Å². The highest BCUT2D eigenvalue weighted by Crippen LogP contribution is 2.16. The summed E-state index contributed by atoms with van der Waals surface area (Å²) >= 11 is 3.35. The Morgan fingerprint density at radius 1 is 1.21 bits per heavy atom. The first kappa shape index (κ1) is 16.4. The molecule has 0 aliphatic heterocycles. The van der Waals surface area contributed by atoms with E-state index < -0.39 is 6.10 Å². The number of rotatable bonds is 8. The zero-order valence-corrected chi connectivity index (χ0v) is 12.9. The molecule has 0 saturated carbocycles. The number of ether oxygens (including phenoxy) is 1. The van der Waals surface area contributed by atoms with Gasteiger partial charge in [-0.05, 0) is 44.5 Å². The Balaban J connectivity index is 2.20. The maximum absolute atomic E-state index is 9.79. The van der Waals surface area contributed by atoms with E-state index in [1.165, 1.54) is 0 Å². The van der Waals surface area contributed by atoms with Crippen molar-refractivity contribution < 1.29 is 14.9 Å². The second-order valence-electron chi connectivity index (χ2n) is 4.81. The summed E-state index contributed by atoms with van der Waals surface area (Å²) in [5, 5.41) is 22.2. The topological polar surface area (TPSA) is 61.7 Å². The van der Waals surface area contributed by atoms with Gasteiger partial charge in [0, 0.05) is 17.1 Å². The average molecular weight is 332 g/mol.